The Kier molecular flexibility index (Phi) is 7.23. The number of carbonyl (C=O) groups is 1. The van der Waals surface area contributed by atoms with Crippen LogP contribution in [0.1, 0.15) is 25.0 Å². The number of aryl methyl sites for hydroxylation is 1. The number of amides is 1. The molecule has 1 N–H and O–H groups in total. The molecule has 0 saturated heterocycles. The van der Waals surface area contributed by atoms with Gasteiger partial charge in [-0.3, -0.25) is 10.2 Å². The van der Waals surface area contributed by atoms with Crippen molar-refractivity contribution >= 4 is 17.8 Å². The summed E-state index contributed by atoms with van der Waals surface area (Å²) in [5, 5.41) is 4.25. The fourth-order valence-electron chi connectivity index (χ4n) is 2.38. The van der Waals surface area contributed by atoms with Crippen molar-refractivity contribution in [2.24, 2.45) is 5.10 Å². The van der Waals surface area contributed by atoms with Crippen LogP contribution in [0, 0.1) is 6.92 Å². The van der Waals surface area contributed by atoms with Gasteiger partial charge in [-0.25, -0.2) is 0 Å². The van der Waals surface area contributed by atoms with Crippen molar-refractivity contribution in [3.63, 3.8) is 0 Å². The number of anilines is 1. The first-order chi connectivity index (χ1) is 12.9. The van der Waals surface area contributed by atoms with E-state index in [9.17, 15) is 4.79 Å². The van der Waals surface area contributed by atoms with Gasteiger partial charge in [0, 0.05) is 14.1 Å². The van der Waals surface area contributed by atoms with Crippen LogP contribution in [0.2, 0.25) is 0 Å². The molecule has 0 fully saturated rings. The minimum absolute atomic E-state index is 0.106. The summed E-state index contributed by atoms with van der Waals surface area (Å²) in [7, 11) is 3.40. The maximum Gasteiger partial charge on any atom is 0.262 e. The average molecular weight is 369 g/mol. The van der Waals surface area contributed by atoms with Crippen LogP contribution in [0.25, 0.3) is 0 Å². The summed E-state index contributed by atoms with van der Waals surface area (Å²) in [5.74, 6) is 1.00. The number of hydrogen-bond acceptors (Lipinski definition) is 5. The molecule has 27 heavy (non-hydrogen) atoms. The molecular formula is C21H27N3O3. The molecule has 0 spiro atoms. The number of nitrogens with zero attached hydrogens (tertiary/aromatic N) is 2. The molecule has 0 aliphatic heterocycles. The van der Waals surface area contributed by atoms with Crippen LogP contribution < -0.4 is 14.9 Å². The Morgan fingerprint density at radius 3 is 2.52 bits per heavy atom. The van der Waals surface area contributed by atoms with Gasteiger partial charge < -0.3 is 14.4 Å². The van der Waals surface area contributed by atoms with Gasteiger partial charge in [0.25, 0.3) is 5.91 Å². The molecule has 0 aromatic heterocycles. The molecule has 0 aliphatic rings. The fourth-order valence-corrected chi connectivity index (χ4v) is 2.38. The number of ether oxygens (including phenoxy) is 2. The number of nitrogens with one attached hydrogen (secondary N) is 1. The zero-order valence-corrected chi connectivity index (χ0v) is 16.5. The second-order valence-electron chi connectivity index (χ2n) is 6.37. The van der Waals surface area contributed by atoms with Gasteiger partial charge in [-0.05, 0) is 56.7 Å². The maximum absolute atomic E-state index is 12.0. The Morgan fingerprint density at radius 1 is 1.19 bits per heavy atom. The molecule has 0 radical (unpaired) electrons. The Hall–Kier alpha value is -3.02. The maximum atomic E-state index is 12.0. The topological polar surface area (TPSA) is 63.2 Å². The standard InChI is InChI=1S/C21H27N3O3/c1-6-26-20-13-17(14-22-23-18-10-7-15(2)8-11-18)9-12-19(20)27-16(3)21(25)24(4)5/h7-14,16,23H,6H2,1-5H3/b22-14-/t16-/m1/s1. The lowest BCUT2D eigenvalue weighted by molar-refractivity contribution is -0.135. The zero-order valence-electron chi connectivity index (χ0n) is 16.5. The summed E-state index contributed by atoms with van der Waals surface area (Å²) in [5.41, 5.74) is 5.96. The molecular weight excluding hydrogens is 342 g/mol. The smallest absolute Gasteiger partial charge is 0.262 e. The second kappa shape index (κ2) is 9.62. The largest absolute Gasteiger partial charge is 0.490 e. The number of rotatable bonds is 8. The fraction of sp³-hybridized carbons (Fsp3) is 0.333. The first kappa shape index (κ1) is 20.3. The molecule has 1 amide bonds. The molecule has 144 valence electrons. The van der Waals surface area contributed by atoms with Crippen LogP contribution in [-0.2, 0) is 4.79 Å². The van der Waals surface area contributed by atoms with Crippen molar-refractivity contribution in [3.8, 4) is 11.5 Å². The molecule has 6 nitrogen and oxygen atoms in total. The monoisotopic (exact) mass is 369 g/mol. The summed E-state index contributed by atoms with van der Waals surface area (Å²) in [6.07, 6.45) is 1.11. The predicted octanol–water partition coefficient (Wildman–Crippen LogP) is 3.70. The number of hydrogen-bond donors (Lipinski definition) is 1. The Balaban J connectivity index is 2.10. The van der Waals surface area contributed by atoms with Gasteiger partial charge in [0.2, 0.25) is 0 Å². The molecule has 2 aromatic carbocycles. The van der Waals surface area contributed by atoms with Crippen LogP contribution in [0.5, 0.6) is 11.5 Å². The molecule has 0 bridgehead atoms. The van der Waals surface area contributed by atoms with E-state index in [0.717, 1.165) is 11.3 Å². The minimum atomic E-state index is -0.595. The van der Waals surface area contributed by atoms with E-state index < -0.39 is 6.10 Å². The summed E-state index contributed by atoms with van der Waals surface area (Å²) < 4.78 is 11.4. The second-order valence-corrected chi connectivity index (χ2v) is 6.37. The SMILES string of the molecule is CCOc1cc(/C=N\Nc2ccc(C)cc2)ccc1O[C@H](C)C(=O)N(C)C. The number of hydrazone groups is 1. The first-order valence-corrected chi connectivity index (χ1v) is 8.91. The Labute approximate surface area is 160 Å². The number of likely N-dealkylation sites (N-methyl/N-ethyl adjacent to an activating group) is 1. The molecule has 0 heterocycles. The number of carbonyl (C=O) groups excluding carboxylic acids is 1. The highest BCUT2D eigenvalue weighted by molar-refractivity contribution is 5.82. The van der Waals surface area contributed by atoms with Gasteiger partial charge in [0.1, 0.15) is 0 Å². The average Bonchev–Trinajstić information content (AvgIpc) is 2.64. The summed E-state index contributed by atoms with van der Waals surface area (Å²) in [6, 6.07) is 13.5. The van der Waals surface area contributed by atoms with Gasteiger partial charge in [0.15, 0.2) is 17.6 Å². The van der Waals surface area contributed by atoms with E-state index in [1.807, 2.05) is 50.2 Å². The molecule has 0 aliphatic carbocycles. The summed E-state index contributed by atoms with van der Waals surface area (Å²) >= 11 is 0. The first-order valence-electron chi connectivity index (χ1n) is 8.91. The van der Waals surface area contributed by atoms with Crippen molar-refractivity contribution in [1.82, 2.24) is 4.90 Å². The van der Waals surface area contributed by atoms with E-state index in [2.05, 4.69) is 10.5 Å². The van der Waals surface area contributed by atoms with E-state index in [-0.39, 0.29) is 5.91 Å². The Morgan fingerprint density at radius 2 is 1.89 bits per heavy atom. The molecule has 0 unspecified atom stereocenters. The molecule has 2 rings (SSSR count). The van der Waals surface area contributed by atoms with Gasteiger partial charge in [-0.15, -0.1) is 0 Å². The van der Waals surface area contributed by atoms with Crippen molar-refractivity contribution in [1.29, 1.82) is 0 Å². The lowest BCUT2D eigenvalue weighted by Gasteiger charge is -2.20. The van der Waals surface area contributed by atoms with Crippen LogP contribution in [-0.4, -0.2) is 43.8 Å². The molecule has 1 atom stereocenters. The van der Waals surface area contributed by atoms with E-state index in [4.69, 9.17) is 9.47 Å². The van der Waals surface area contributed by atoms with Crippen LogP contribution in [0.3, 0.4) is 0 Å². The van der Waals surface area contributed by atoms with Gasteiger partial charge in [0.05, 0.1) is 18.5 Å². The highest BCUT2D eigenvalue weighted by Gasteiger charge is 2.18. The lowest BCUT2D eigenvalue weighted by atomic mass is 10.2. The van der Waals surface area contributed by atoms with Crippen LogP contribution in [0.15, 0.2) is 47.6 Å². The molecule has 0 saturated carbocycles. The lowest BCUT2D eigenvalue weighted by Crippen LogP contribution is -2.35. The van der Waals surface area contributed by atoms with Crippen molar-refractivity contribution in [3.05, 3.63) is 53.6 Å². The van der Waals surface area contributed by atoms with Crippen molar-refractivity contribution in [2.45, 2.75) is 26.9 Å². The van der Waals surface area contributed by atoms with E-state index in [1.54, 1.807) is 33.3 Å². The number of benzene rings is 2. The van der Waals surface area contributed by atoms with E-state index in [1.165, 1.54) is 10.5 Å². The highest BCUT2D eigenvalue weighted by Crippen LogP contribution is 2.29. The molecule has 6 heteroatoms. The van der Waals surface area contributed by atoms with Crippen molar-refractivity contribution in [2.75, 3.05) is 26.1 Å². The summed E-state index contributed by atoms with van der Waals surface area (Å²) in [4.78, 5) is 13.5. The predicted molar refractivity (Wildman–Crippen MR) is 109 cm³/mol. The van der Waals surface area contributed by atoms with Gasteiger partial charge >= 0.3 is 0 Å². The van der Waals surface area contributed by atoms with Crippen molar-refractivity contribution < 1.29 is 14.3 Å². The summed E-state index contributed by atoms with van der Waals surface area (Å²) in [6.45, 7) is 6.16. The van der Waals surface area contributed by atoms with Gasteiger partial charge in [-0.1, -0.05) is 17.7 Å². The molecule has 2 aromatic rings. The van der Waals surface area contributed by atoms with Gasteiger partial charge in [-0.2, -0.15) is 5.10 Å². The minimum Gasteiger partial charge on any atom is -0.490 e. The Bertz CT molecular complexity index is 786. The zero-order chi connectivity index (χ0) is 19.8. The van der Waals surface area contributed by atoms with E-state index in [0.29, 0.717) is 18.1 Å². The highest BCUT2D eigenvalue weighted by atomic mass is 16.5. The quantitative estimate of drug-likeness (QED) is 0.569. The normalized spacial score (nSPS) is 11.9. The van der Waals surface area contributed by atoms with Crippen LogP contribution >= 0.6 is 0 Å². The third-order valence-corrected chi connectivity index (χ3v) is 3.82. The van der Waals surface area contributed by atoms with E-state index >= 15 is 0 Å². The van der Waals surface area contributed by atoms with Crippen LogP contribution in [0.4, 0.5) is 5.69 Å². The third-order valence-electron chi connectivity index (χ3n) is 3.82. The third kappa shape index (κ3) is 6.02.